The highest BCUT2D eigenvalue weighted by molar-refractivity contribution is 6.03. The van der Waals surface area contributed by atoms with Crippen molar-refractivity contribution in [3.63, 3.8) is 0 Å². The maximum Gasteiger partial charge on any atom is 0.255 e. The van der Waals surface area contributed by atoms with Crippen molar-refractivity contribution in [3.8, 4) is 17.0 Å². The van der Waals surface area contributed by atoms with Gasteiger partial charge in [-0.3, -0.25) is 14.9 Å². The Morgan fingerprint density at radius 2 is 1.91 bits per heavy atom. The smallest absolute Gasteiger partial charge is 0.255 e. The third-order valence-corrected chi connectivity index (χ3v) is 6.12. The first-order valence-electron chi connectivity index (χ1n) is 11.2. The van der Waals surface area contributed by atoms with Crippen LogP contribution in [0.4, 0.5) is 5.82 Å². The third-order valence-electron chi connectivity index (χ3n) is 6.12. The molecule has 0 bridgehead atoms. The molecule has 1 saturated heterocycles. The number of nitrogen functional groups attached to an aromatic ring is 1. The van der Waals surface area contributed by atoms with Crippen molar-refractivity contribution in [1.29, 1.82) is 0 Å². The van der Waals surface area contributed by atoms with Gasteiger partial charge in [0.1, 0.15) is 29.0 Å². The first-order chi connectivity index (χ1) is 16.2. The lowest BCUT2D eigenvalue weighted by atomic mass is 10.0. The number of para-hydroxylation sites is 1. The van der Waals surface area contributed by atoms with Crippen LogP contribution in [0.5, 0.6) is 5.75 Å². The fourth-order valence-corrected chi connectivity index (χ4v) is 4.30. The molecular formula is C25H30N6O3. The van der Waals surface area contributed by atoms with Gasteiger partial charge < -0.3 is 21.5 Å². The maximum atomic E-state index is 12.5. The Balaban J connectivity index is 1.53. The van der Waals surface area contributed by atoms with Crippen molar-refractivity contribution in [2.24, 2.45) is 5.73 Å². The average molecular weight is 463 g/mol. The van der Waals surface area contributed by atoms with Crippen LogP contribution in [0.15, 0.2) is 48.5 Å². The summed E-state index contributed by atoms with van der Waals surface area (Å²) in [5.74, 6) is -0.0753. The molecule has 1 fully saturated rings. The summed E-state index contributed by atoms with van der Waals surface area (Å²) < 4.78 is 6.91. The molecule has 3 aromatic rings. The molecule has 1 unspecified atom stereocenters. The van der Waals surface area contributed by atoms with Crippen molar-refractivity contribution in [2.75, 3.05) is 12.8 Å². The summed E-state index contributed by atoms with van der Waals surface area (Å²) in [6, 6.07) is 14.5. The predicted molar refractivity (Wildman–Crippen MR) is 130 cm³/mol. The summed E-state index contributed by atoms with van der Waals surface area (Å²) in [5.41, 5.74) is 14.7. The predicted octanol–water partition coefficient (Wildman–Crippen LogP) is 2.83. The van der Waals surface area contributed by atoms with Crippen LogP contribution in [0.3, 0.4) is 0 Å². The van der Waals surface area contributed by atoms with Gasteiger partial charge >= 0.3 is 0 Å². The number of hydrogen-bond acceptors (Lipinski definition) is 6. The van der Waals surface area contributed by atoms with Crippen LogP contribution in [0.1, 0.15) is 59.1 Å². The molecule has 1 aromatic heterocycles. The van der Waals surface area contributed by atoms with Gasteiger partial charge in [0.05, 0.1) is 12.7 Å². The molecule has 6 N–H and O–H groups in total. The molecule has 9 heteroatoms. The Morgan fingerprint density at radius 3 is 2.53 bits per heavy atom. The van der Waals surface area contributed by atoms with Crippen LogP contribution >= 0.6 is 0 Å². The van der Waals surface area contributed by atoms with E-state index in [1.165, 1.54) is 7.11 Å². The number of aromatic nitrogens is 2. The van der Waals surface area contributed by atoms with Crippen LogP contribution in [0, 0.1) is 0 Å². The van der Waals surface area contributed by atoms with Crippen LogP contribution < -0.4 is 26.8 Å². The number of methoxy groups -OCH3 is 1. The van der Waals surface area contributed by atoms with Gasteiger partial charge in [0.25, 0.3) is 11.8 Å². The van der Waals surface area contributed by atoms with Gasteiger partial charge in [-0.2, -0.15) is 5.10 Å². The second-order valence-corrected chi connectivity index (χ2v) is 9.08. The van der Waals surface area contributed by atoms with Crippen molar-refractivity contribution in [3.05, 3.63) is 65.2 Å². The van der Waals surface area contributed by atoms with E-state index >= 15 is 0 Å². The van der Waals surface area contributed by atoms with Gasteiger partial charge in [-0.1, -0.05) is 36.4 Å². The molecule has 1 aliphatic rings. The number of ether oxygens (including phenoxy) is 1. The lowest BCUT2D eigenvalue weighted by Gasteiger charge is -2.20. The summed E-state index contributed by atoms with van der Waals surface area (Å²) >= 11 is 0. The number of rotatable bonds is 7. The van der Waals surface area contributed by atoms with Crippen molar-refractivity contribution in [1.82, 2.24) is 20.4 Å². The highest BCUT2D eigenvalue weighted by Crippen LogP contribution is 2.34. The van der Waals surface area contributed by atoms with Gasteiger partial charge in [-0.15, -0.1) is 0 Å². The van der Waals surface area contributed by atoms with E-state index in [9.17, 15) is 9.59 Å². The molecule has 1 aliphatic heterocycles. The molecule has 0 aliphatic carbocycles. The molecule has 0 spiro atoms. The summed E-state index contributed by atoms with van der Waals surface area (Å²) in [6.45, 7) is 4.57. The summed E-state index contributed by atoms with van der Waals surface area (Å²) in [4.78, 5) is 24.8. The first-order valence-corrected chi connectivity index (χ1v) is 11.2. The first kappa shape index (κ1) is 23.3. The molecule has 2 aromatic carbocycles. The quantitative estimate of drug-likeness (QED) is 0.426. The highest BCUT2D eigenvalue weighted by atomic mass is 16.5. The molecule has 4 rings (SSSR count). The molecule has 0 saturated carbocycles. The molecule has 178 valence electrons. The van der Waals surface area contributed by atoms with E-state index in [0.717, 1.165) is 24.0 Å². The number of nitrogens with one attached hydrogen (secondary N) is 2. The molecule has 34 heavy (non-hydrogen) atoms. The molecule has 2 heterocycles. The van der Waals surface area contributed by atoms with E-state index in [1.54, 1.807) is 22.9 Å². The van der Waals surface area contributed by atoms with E-state index in [0.29, 0.717) is 23.6 Å². The minimum absolute atomic E-state index is 0.0358. The molecule has 1 atom stereocenters. The standard InChI is InChI=1S/C25H30N6O3/c1-25(2)13-12-19(29-25)31-22(26)20(23(27)32)21(30-31)16-10-8-15(9-11-16)14-28-24(33)17-6-4-5-7-18(17)34-3/h4-11,19,29H,12-14,26H2,1-3H3,(H2,27,32)(H,28,33). The van der Waals surface area contributed by atoms with Crippen molar-refractivity contribution < 1.29 is 14.3 Å². The number of nitrogens with two attached hydrogens (primary N) is 2. The minimum Gasteiger partial charge on any atom is -0.496 e. The number of benzene rings is 2. The second kappa shape index (κ2) is 9.18. The monoisotopic (exact) mass is 462 g/mol. The largest absolute Gasteiger partial charge is 0.496 e. The Hall–Kier alpha value is -3.85. The zero-order chi connectivity index (χ0) is 24.5. The summed E-state index contributed by atoms with van der Waals surface area (Å²) in [6.07, 6.45) is 1.71. The van der Waals surface area contributed by atoms with Gasteiger partial charge in [-0.05, 0) is 44.4 Å². The number of anilines is 1. The van der Waals surface area contributed by atoms with E-state index in [4.69, 9.17) is 16.2 Å². The molecule has 0 radical (unpaired) electrons. The van der Waals surface area contributed by atoms with E-state index < -0.39 is 5.91 Å². The number of carbonyl (C=O) groups is 2. The lowest BCUT2D eigenvalue weighted by Crippen LogP contribution is -2.36. The molecule has 2 amide bonds. The number of primary amides is 1. The van der Waals surface area contributed by atoms with E-state index in [2.05, 4.69) is 29.6 Å². The number of carbonyl (C=O) groups excluding carboxylic acids is 2. The third kappa shape index (κ3) is 4.60. The Morgan fingerprint density at radius 1 is 1.21 bits per heavy atom. The van der Waals surface area contributed by atoms with Gasteiger partial charge in [0.15, 0.2) is 0 Å². The topological polar surface area (TPSA) is 137 Å². The van der Waals surface area contributed by atoms with Crippen LogP contribution in [-0.4, -0.2) is 34.2 Å². The zero-order valence-electron chi connectivity index (χ0n) is 19.6. The van der Waals surface area contributed by atoms with E-state index in [1.807, 2.05) is 30.3 Å². The van der Waals surface area contributed by atoms with Crippen LogP contribution in [-0.2, 0) is 6.54 Å². The Labute approximate surface area is 198 Å². The lowest BCUT2D eigenvalue weighted by molar-refractivity contribution is 0.0946. The normalized spacial score (nSPS) is 16.9. The fraction of sp³-hybridized carbons (Fsp3) is 0.320. The van der Waals surface area contributed by atoms with Gasteiger partial charge in [0.2, 0.25) is 0 Å². The number of amides is 2. The minimum atomic E-state index is -0.621. The van der Waals surface area contributed by atoms with E-state index in [-0.39, 0.29) is 29.0 Å². The average Bonchev–Trinajstić information content (AvgIpc) is 3.36. The van der Waals surface area contributed by atoms with Crippen molar-refractivity contribution in [2.45, 2.75) is 44.9 Å². The van der Waals surface area contributed by atoms with Crippen molar-refractivity contribution >= 4 is 17.6 Å². The van der Waals surface area contributed by atoms with Gasteiger partial charge in [0, 0.05) is 17.6 Å². The number of nitrogens with zero attached hydrogens (tertiary/aromatic N) is 2. The zero-order valence-corrected chi connectivity index (χ0v) is 19.6. The van der Waals surface area contributed by atoms with Crippen LogP contribution in [0.25, 0.3) is 11.3 Å². The molecular weight excluding hydrogens is 432 g/mol. The number of hydrogen-bond donors (Lipinski definition) is 4. The maximum absolute atomic E-state index is 12.5. The second-order valence-electron chi connectivity index (χ2n) is 9.08. The highest BCUT2D eigenvalue weighted by Gasteiger charge is 2.34. The summed E-state index contributed by atoms with van der Waals surface area (Å²) in [5, 5.41) is 11.0. The fourth-order valence-electron chi connectivity index (χ4n) is 4.30. The van der Waals surface area contributed by atoms with Gasteiger partial charge in [-0.25, -0.2) is 4.68 Å². The van der Waals surface area contributed by atoms with Crippen LogP contribution in [0.2, 0.25) is 0 Å². The Bertz CT molecular complexity index is 1220. The molecule has 9 nitrogen and oxygen atoms in total. The summed E-state index contributed by atoms with van der Waals surface area (Å²) in [7, 11) is 1.53. The Kier molecular flexibility index (Phi) is 6.30. The SMILES string of the molecule is COc1ccccc1C(=O)NCc1ccc(-c2nn(C3CCC(C)(C)N3)c(N)c2C(N)=O)cc1.